The minimum Gasteiger partial charge on any atom is -0.507 e. The van der Waals surface area contributed by atoms with Gasteiger partial charge in [0, 0.05) is 43.9 Å². The van der Waals surface area contributed by atoms with Crippen molar-refractivity contribution in [1.29, 1.82) is 0 Å². The second-order valence-electron chi connectivity index (χ2n) is 8.05. The molecular weight excluding hydrogens is 395 g/mol. The zero-order valence-electron chi connectivity index (χ0n) is 16.9. The number of piperazine rings is 1. The fraction of sp³-hybridized carbons (Fsp3) is 0.455. The second kappa shape index (κ2) is 10.9. The van der Waals surface area contributed by atoms with E-state index >= 15 is 0 Å². The van der Waals surface area contributed by atoms with Crippen LogP contribution in [0.5, 0.6) is 11.5 Å². The topological polar surface area (TPSA) is 44.7 Å². The molecule has 0 radical (unpaired) electrons. The van der Waals surface area contributed by atoms with E-state index in [-0.39, 0.29) is 36.3 Å². The van der Waals surface area contributed by atoms with Crippen LogP contribution in [0.25, 0.3) is 0 Å². The molecule has 0 aliphatic carbocycles. The maximum atomic E-state index is 10.7. The van der Waals surface area contributed by atoms with Gasteiger partial charge in [-0.05, 0) is 17.0 Å². The zero-order valence-corrected chi connectivity index (χ0v) is 18.5. The minimum absolute atomic E-state index is 0. The highest BCUT2D eigenvalue weighted by Gasteiger charge is 2.34. The molecule has 2 N–H and O–H groups in total. The highest BCUT2D eigenvalue weighted by Crippen LogP contribution is 2.42. The predicted octanol–water partition coefficient (Wildman–Crippen LogP) is 4.81. The lowest BCUT2D eigenvalue weighted by Crippen LogP contribution is -2.48. The Balaban J connectivity index is 0.00000196. The molecule has 6 heteroatoms. The van der Waals surface area contributed by atoms with Crippen LogP contribution in [0.2, 0.25) is 0 Å². The molecule has 0 amide bonds. The molecule has 1 fully saturated rings. The molecule has 0 unspecified atom stereocenters. The fourth-order valence-corrected chi connectivity index (χ4v) is 3.74. The van der Waals surface area contributed by atoms with E-state index in [9.17, 15) is 5.11 Å². The Morgan fingerprint density at radius 2 is 1.68 bits per heavy atom. The van der Waals surface area contributed by atoms with E-state index < -0.39 is 0 Å². The maximum Gasteiger partial charge on any atom is 0.124 e. The number of rotatable bonds is 5. The molecule has 2 aromatic carbocycles. The van der Waals surface area contributed by atoms with Crippen molar-refractivity contribution in [1.82, 2.24) is 10.2 Å². The number of halogens is 2. The van der Waals surface area contributed by atoms with Crippen LogP contribution >= 0.6 is 24.8 Å². The molecule has 156 valence electrons. The normalized spacial score (nSPS) is 15.8. The first-order valence-electron chi connectivity index (χ1n) is 9.39. The van der Waals surface area contributed by atoms with Crippen molar-refractivity contribution in [2.45, 2.75) is 33.4 Å². The van der Waals surface area contributed by atoms with Gasteiger partial charge in [0.1, 0.15) is 18.1 Å². The summed E-state index contributed by atoms with van der Waals surface area (Å²) in [5, 5.41) is 14.1. The summed E-state index contributed by atoms with van der Waals surface area (Å²) in [4.78, 5) is 2.47. The van der Waals surface area contributed by atoms with Gasteiger partial charge in [0.15, 0.2) is 0 Å². The van der Waals surface area contributed by atoms with Crippen LogP contribution in [0.3, 0.4) is 0 Å². The lowest BCUT2D eigenvalue weighted by Gasteiger charge is -2.42. The van der Waals surface area contributed by atoms with Gasteiger partial charge in [-0.2, -0.15) is 0 Å². The molecule has 28 heavy (non-hydrogen) atoms. The monoisotopic (exact) mass is 426 g/mol. The van der Waals surface area contributed by atoms with E-state index in [2.05, 4.69) is 31.0 Å². The molecule has 1 aliphatic rings. The highest BCUT2D eigenvalue weighted by atomic mass is 35.5. The smallest absolute Gasteiger partial charge is 0.124 e. The van der Waals surface area contributed by atoms with Crippen molar-refractivity contribution < 1.29 is 9.84 Å². The standard InChI is InChI=1S/C22H30N2O2.2ClH/c1-22(2,3)21(24-13-11-23-12-14-24)19-10-9-18(15-20(19)25)26-16-17-7-5-4-6-8-17;;/h4-10,15,21,23,25H,11-14,16H2,1-3H3;2*1H/t21-;;/m0../s1. The number of aromatic hydroxyl groups is 1. The molecule has 2 aromatic rings. The molecule has 0 spiro atoms. The quantitative estimate of drug-likeness (QED) is 0.719. The first-order valence-corrected chi connectivity index (χ1v) is 9.39. The van der Waals surface area contributed by atoms with Gasteiger partial charge >= 0.3 is 0 Å². The average molecular weight is 427 g/mol. The maximum absolute atomic E-state index is 10.7. The van der Waals surface area contributed by atoms with E-state index in [1.54, 1.807) is 6.07 Å². The number of nitrogens with zero attached hydrogens (tertiary/aromatic N) is 1. The van der Waals surface area contributed by atoms with E-state index in [0.717, 1.165) is 37.3 Å². The third-order valence-electron chi connectivity index (χ3n) is 4.88. The van der Waals surface area contributed by atoms with Crippen molar-refractivity contribution in [3.05, 3.63) is 59.7 Å². The summed E-state index contributed by atoms with van der Waals surface area (Å²) in [5.41, 5.74) is 2.12. The minimum atomic E-state index is 0. The third-order valence-corrected chi connectivity index (χ3v) is 4.88. The Kier molecular flexibility index (Phi) is 9.58. The Morgan fingerprint density at radius 3 is 2.25 bits per heavy atom. The van der Waals surface area contributed by atoms with Crippen LogP contribution in [0.4, 0.5) is 0 Å². The number of ether oxygens (including phenoxy) is 1. The third kappa shape index (κ3) is 6.28. The molecule has 0 bridgehead atoms. The van der Waals surface area contributed by atoms with Gasteiger partial charge in [-0.1, -0.05) is 57.2 Å². The van der Waals surface area contributed by atoms with Crippen molar-refractivity contribution in [3.8, 4) is 11.5 Å². The second-order valence-corrected chi connectivity index (χ2v) is 8.05. The van der Waals surface area contributed by atoms with Crippen molar-refractivity contribution in [3.63, 3.8) is 0 Å². The average Bonchev–Trinajstić information content (AvgIpc) is 2.62. The summed E-state index contributed by atoms with van der Waals surface area (Å²) < 4.78 is 5.86. The lowest BCUT2D eigenvalue weighted by atomic mass is 9.80. The van der Waals surface area contributed by atoms with Crippen LogP contribution < -0.4 is 10.1 Å². The van der Waals surface area contributed by atoms with Gasteiger partial charge in [0.05, 0.1) is 0 Å². The lowest BCUT2D eigenvalue weighted by molar-refractivity contribution is 0.0841. The Bertz CT molecular complexity index is 714. The SMILES string of the molecule is CC(C)(C)[C@H](c1ccc(OCc2ccccc2)cc1O)N1CCNCC1.Cl.Cl. The van der Waals surface area contributed by atoms with Crippen molar-refractivity contribution >= 4 is 24.8 Å². The number of nitrogens with one attached hydrogen (secondary N) is 1. The number of phenolic OH excluding ortho intramolecular Hbond substituents is 1. The number of hydrogen-bond acceptors (Lipinski definition) is 4. The predicted molar refractivity (Wildman–Crippen MR) is 120 cm³/mol. The summed E-state index contributed by atoms with van der Waals surface area (Å²) in [6, 6.07) is 16.0. The summed E-state index contributed by atoms with van der Waals surface area (Å²) in [5.74, 6) is 1.01. The van der Waals surface area contributed by atoms with Gasteiger partial charge in [0.2, 0.25) is 0 Å². The molecule has 1 aliphatic heterocycles. The molecule has 1 saturated heterocycles. The van der Waals surface area contributed by atoms with E-state index in [1.807, 2.05) is 42.5 Å². The van der Waals surface area contributed by atoms with Gasteiger partial charge in [0.25, 0.3) is 0 Å². The highest BCUT2D eigenvalue weighted by molar-refractivity contribution is 5.85. The van der Waals surface area contributed by atoms with Gasteiger partial charge in [-0.3, -0.25) is 4.90 Å². The van der Waals surface area contributed by atoms with E-state index in [1.165, 1.54) is 0 Å². The van der Waals surface area contributed by atoms with Gasteiger partial charge in [-0.15, -0.1) is 24.8 Å². The van der Waals surface area contributed by atoms with Crippen LogP contribution in [0.15, 0.2) is 48.5 Å². The largest absolute Gasteiger partial charge is 0.507 e. The summed E-state index contributed by atoms with van der Waals surface area (Å²) in [7, 11) is 0. The Hall–Kier alpha value is -1.46. The first kappa shape index (κ1) is 24.6. The molecule has 1 atom stereocenters. The molecular formula is C22H32Cl2N2O2. The summed E-state index contributed by atoms with van der Waals surface area (Å²) >= 11 is 0. The molecule has 0 saturated carbocycles. The summed E-state index contributed by atoms with van der Waals surface area (Å²) in [6.45, 7) is 11.2. The first-order chi connectivity index (χ1) is 12.4. The Morgan fingerprint density at radius 1 is 1.04 bits per heavy atom. The molecule has 3 rings (SSSR count). The molecule has 1 heterocycles. The van der Waals surface area contributed by atoms with E-state index in [4.69, 9.17) is 4.74 Å². The zero-order chi connectivity index (χ0) is 18.6. The number of benzene rings is 2. The van der Waals surface area contributed by atoms with E-state index in [0.29, 0.717) is 18.1 Å². The number of phenols is 1. The van der Waals surface area contributed by atoms with Crippen molar-refractivity contribution in [2.75, 3.05) is 26.2 Å². The van der Waals surface area contributed by atoms with Crippen molar-refractivity contribution in [2.24, 2.45) is 5.41 Å². The number of hydrogen-bond donors (Lipinski definition) is 2. The molecule has 4 nitrogen and oxygen atoms in total. The van der Waals surface area contributed by atoms with Gasteiger partial charge in [-0.25, -0.2) is 0 Å². The Labute approximate surface area is 181 Å². The van der Waals surface area contributed by atoms with Crippen LogP contribution in [0.1, 0.15) is 37.9 Å². The van der Waals surface area contributed by atoms with Crippen LogP contribution in [-0.2, 0) is 6.61 Å². The van der Waals surface area contributed by atoms with Crippen LogP contribution in [-0.4, -0.2) is 36.2 Å². The van der Waals surface area contributed by atoms with Gasteiger partial charge < -0.3 is 15.2 Å². The fourth-order valence-electron chi connectivity index (χ4n) is 3.74. The van der Waals surface area contributed by atoms with Crippen LogP contribution in [0, 0.1) is 5.41 Å². The molecule has 0 aromatic heterocycles. The summed E-state index contributed by atoms with van der Waals surface area (Å²) in [6.07, 6.45) is 0.